The minimum absolute atomic E-state index is 0.247. The molecule has 7 heteroatoms. The van der Waals surface area contributed by atoms with Crippen molar-refractivity contribution in [2.24, 2.45) is 5.14 Å². The van der Waals surface area contributed by atoms with Gasteiger partial charge in [-0.15, -0.1) is 10.2 Å². The number of primary sulfonamides is 1. The van der Waals surface area contributed by atoms with E-state index in [2.05, 4.69) is 10.2 Å². The highest BCUT2D eigenvalue weighted by atomic mass is 32.2. The van der Waals surface area contributed by atoms with Crippen molar-refractivity contribution in [1.29, 1.82) is 0 Å². The normalized spacial score (nSPS) is 12.1. The number of aromatic nitrogens is 3. The van der Waals surface area contributed by atoms with E-state index < -0.39 is 10.0 Å². The van der Waals surface area contributed by atoms with Crippen LogP contribution in [0, 0.1) is 0 Å². The van der Waals surface area contributed by atoms with E-state index in [0.717, 1.165) is 0 Å². The zero-order chi connectivity index (χ0) is 9.47. The van der Waals surface area contributed by atoms with Gasteiger partial charge in [0.05, 0.1) is 0 Å². The van der Waals surface area contributed by atoms with Gasteiger partial charge in [-0.05, 0) is 12.1 Å². The molecule has 68 valence electrons. The Labute approximate surface area is 74.1 Å². The fourth-order valence-corrected chi connectivity index (χ4v) is 1.60. The van der Waals surface area contributed by atoms with Crippen molar-refractivity contribution in [3.63, 3.8) is 0 Å². The molecular formula is C6H6N4O2S. The van der Waals surface area contributed by atoms with E-state index >= 15 is 0 Å². The molecule has 0 aliphatic carbocycles. The lowest BCUT2D eigenvalue weighted by molar-refractivity contribution is 0.587. The minimum atomic E-state index is -3.80. The van der Waals surface area contributed by atoms with Crippen LogP contribution in [0.15, 0.2) is 29.6 Å². The number of nitrogens with two attached hydrogens (primary N) is 1. The lowest BCUT2D eigenvalue weighted by Gasteiger charge is -1.94. The fraction of sp³-hybridized carbons (Fsp3) is 0. The van der Waals surface area contributed by atoms with Crippen LogP contribution in [0.4, 0.5) is 0 Å². The van der Waals surface area contributed by atoms with E-state index in [9.17, 15) is 8.42 Å². The van der Waals surface area contributed by atoms with Crippen molar-refractivity contribution in [2.45, 2.75) is 5.16 Å². The molecule has 0 saturated heterocycles. The van der Waals surface area contributed by atoms with Gasteiger partial charge in [-0.25, -0.2) is 13.6 Å². The van der Waals surface area contributed by atoms with Crippen LogP contribution >= 0.6 is 0 Å². The second-order valence-corrected chi connectivity index (χ2v) is 3.91. The van der Waals surface area contributed by atoms with Crippen LogP contribution in [0.3, 0.4) is 0 Å². The van der Waals surface area contributed by atoms with Gasteiger partial charge in [0.25, 0.3) is 15.2 Å². The van der Waals surface area contributed by atoms with Gasteiger partial charge in [0, 0.05) is 6.20 Å². The average molecular weight is 198 g/mol. The van der Waals surface area contributed by atoms with Crippen molar-refractivity contribution in [3.8, 4) is 0 Å². The van der Waals surface area contributed by atoms with E-state index in [1.165, 1.54) is 10.6 Å². The van der Waals surface area contributed by atoms with Crippen LogP contribution < -0.4 is 5.14 Å². The molecule has 0 fully saturated rings. The summed E-state index contributed by atoms with van der Waals surface area (Å²) in [5, 5.41) is 11.8. The summed E-state index contributed by atoms with van der Waals surface area (Å²) in [5.74, 6) is 0. The van der Waals surface area contributed by atoms with Gasteiger partial charge in [0.15, 0.2) is 5.65 Å². The monoisotopic (exact) mass is 198 g/mol. The molecule has 2 aromatic heterocycles. The lowest BCUT2D eigenvalue weighted by atomic mass is 10.5. The standard InChI is InChI=1S/C6H6N4O2S/c7-13(11,12)6-9-8-5-3-1-2-4-10(5)6/h1-4H,(H2,7,11,12). The van der Waals surface area contributed by atoms with E-state index in [-0.39, 0.29) is 5.16 Å². The molecule has 0 aliphatic heterocycles. The first-order chi connectivity index (χ1) is 6.09. The zero-order valence-corrected chi connectivity index (χ0v) is 7.27. The molecule has 6 nitrogen and oxygen atoms in total. The minimum Gasteiger partial charge on any atom is -0.272 e. The van der Waals surface area contributed by atoms with E-state index in [1.54, 1.807) is 18.2 Å². The Kier molecular flexibility index (Phi) is 1.57. The first-order valence-electron chi connectivity index (χ1n) is 3.41. The highest BCUT2D eigenvalue weighted by Crippen LogP contribution is 2.05. The van der Waals surface area contributed by atoms with E-state index in [1.807, 2.05) is 0 Å². The number of pyridine rings is 1. The Hall–Kier alpha value is -1.47. The summed E-state index contributed by atoms with van der Waals surface area (Å²) < 4.78 is 23.2. The van der Waals surface area contributed by atoms with Crippen molar-refractivity contribution >= 4 is 15.7 Å². The van der Waals surface area contributed by atoms with Gasteiger partial charge in [-0.2, -0.15) is 0 Å². The summed E-state index contributed by atoms with van der Waals surface area (Å²) in [6.45, 7) is 0. The molecule has 13 heavy (non-hydrogen) atoms. The largest absolute Gasteiger partial charge is 0.274 e. The smallest absolute Gasteiger partial charge is 0.272 e. The first-order valence-corrected chi connectivity index (χ1v) is 4.96. The molecule has 0 bridgehead atoms. The Morgan fingerprint density at radius 3 is 2.77 bits per heavy atom. The molecule has 0 radical (unpaired) electrons. The topological polar surface area (TPSA) is 90.4 Å². The SMILES string of the molecule is NS(=O)(=O)c1nnc2ccccn12. The second-order valence-electron chi connectivity index (χ2n) is 2.46. The predicted octanol–water partition coefficient (Wildman–Crippen LogP) is -0.623. The van der Waals surface area contributed by atoms with Crippen molar-refractivity contribution in [2.75, 3.05) is 0 Å². The van der Waals surface area contributed by atoms with Gasteiger partial charge < -0.3 is 0 Å². The van der Waals surface area contributed by atoms with Crippen LogP contribution in [0.1, 0.15) is 0 Å². The summed E-state index contributed by atoms with van der Waals surface area (Å²) in [6.07, 6.45) is 1.54. The number of nitrogens with zero attached hydrogens (tertiary/aromatic N) is 3. The fourth-order valence-electron chi connectivity index (χ4n) is 1.01. The van der Waals surface area contributed by atoms with Crippen LogP contribution in [0.25, 0.3) is 5.65 Å². The first kappa shape index (κ1) is 8.14. The average Bonchev–Trinajstić information content (AvgIpc) is 2.45. The maximum atomic E-state index is 11.0. The molecule has 2 aromatic rings. The van der Waals surface area contributed by atoms with Crippen molar-refractivity contribution < 1.29 is 8.42 Å². The summed E-state index contributed by atoms with van der Waals surface area (Å²) in [4.78, 5) is 0. The number of hydrogen-bond donors (Lipinski definition) is 1. The summed E-state index contributed by atoms with van der Waals surface area (Å²) in [7, 11) is -3.80. The maximum Gasteiger partial charge on any atom is 0.274 e. The van der Waals surface area contributed by atoms with Crippen LogP contribution in [-0.2, 0) is 10.0 Å². The second kappa shape index (κ2) is 2.51. The van der Waals surface area contributed by atoms with Crippen LogP contribution in [-0.4, -0.2) is 23.0 Å². The van der Waals surface area contributed by atoms with E-state index in [4.69, 9.17) is 5.14 Å². The summed E-state index contributed by atoms with van der Waals surface area (Å²) >= 11 is 0. The number of hydrogen-bond acceptors (Lipinski definition) is 4. The lowest BCUT2D eigenvalue weighted by Crippen LogP contribution is -2.15. The molecule has 2 heterocycles. The Balaban J connectivity index is 2.87. The highest BCUT2D eigenvalue weighted by Gasteiger charge is 2.15. The Bertz CT molecular complexity index is 545. The Morgan fingerprint density at radius 1 is 1.31 bits per heavy atom. The van der Waals surface area contributed by atoms with Gasteiger partial charge in [0.1, 0.15) is 0 Å². The van der Waals surface area contributed by atoms with Crippen molar-refractivity contribution in [1.82, 2.24) is 14.6 Å². The van der Waals surface area contributed by atoms with Gasteiger partial charge in [-0.3, -0.25) is 4.40 Å². The van der Waals surface area contributed by atoms with Crippen LogP contribution in [0.5, 0.6) is 0 Å². The predicted molar refractivity (Wildman–Crippen MR) is 44.4 cm³/mol. The van der Waals surface area contributed by atoms with Crippen molar-refractivity contribution in [3.05, 3.63) is 24.4 Å². The summed E-state index contributed by atoms with van der Waals surface area (Å²) in [5.41, 5.74) is 0.450. The number of fused-ring (bicyclic) bond motifs is 1. The third-order valence-electron chi connectivity index (χ3n) is 1.54. The van der Waals surface area contributed by atoms with Gasteiger partial charge in [-0.1, -0.05) is 6.07 Å². The number of sulfonamides is 1. The molecular weight excluding hydrogens is 192 g/mol. The Morgan fingerprint density at radius 2 is 2.08 bits per heavy atom. The van der Waals surface area contributed by atoms with Crippen LogP contribution in [0.2, 0.25) is 0 Å². The molecule has 0 amide bonds. The third-order valence-corrected chi connectivity index (χ3v) is 2.32. The molecule has 0 unspecified atom stereocenters. The molecule has 0 saturated carbocycles. The van der Waals surface area contributed by atoms with E-state index in [0.29, 0.717) is 5.65 Å². The third kappa shape index (κ3) is 1.27. The molecule has 2 rings (SSSR count). The maximum absolute atomic E-state index is 11.0. The quantitative estimate of drug-likeness (QED) is 0.661. The number of rotatable bonds is 1. The molecule has 0 spiro atoms. The van der Waals surface area contributed by atoms with Gasteiger partial charge >= 0.3 is 0 Å². The molecule has 0 atom stereocenters. The molecule has 0 aliphatic rings. The summed E-state index contributed by atoms with van der Waals surface area (Å²) in [6, 6.07) is 5.05. The molecule has 2 N–H and O–H groups in total. The highest BCUT2D eigenvalue weighted by molar-refractivity contribution is 7.89. The zero-order valence-electron chi connectivity index (χ0n) is 6.45. The molecule has 0 aromatic carbocycles. The van der Waals surface area contributed by atoms with Gasteiger partial charge in [0.2, 0.25) is 0 Å².